The summed E-state index contributed by atoms with van der Waals surface area (Å²) in [5.41, 5.74) is 6.62. The molecule has 5 aliphatic rings. The van der Waals surface area contributed by atoms with Gasteiger partial charge in [0.25, 0.3) is 0 Å². The maximum Gasteiger partial charge on any atom is 0.193 e. The van der Waals surface area contributed by atoms with E-state index in [-0.39, 0.29) is 35.5 Å². The number of anilines is 1. The molecular formula is C36H40FNO6S. The first-order chi connectivity index (χ1) is 21.4. The van der Waals surface area contributed by atoms with Crippen LogP contribution in [0.4, 0.5) is 10.1 Å². The average molecular weight is 634 g/mol. The third-order valence-electron chi connectivity index (χ3n) is 11.7. The van der Waals surface area contributed by atoms with Gasteiger partial charge >= 0.3 is 0 Å². The van der Waals surface area contributed by atoms with E-state index in [1.54, 1.807) is 25.1 Å². The van der Waals surface area contributed by atoms with E-state index < -0.39 is 53.1 Å². The molecule has 4 fully saturated rings. The summed E-state index contributed by atoms with van der Waals surface area (Å²) < 4.78 is 29.5. The first-order valence-corrected chi connectivity index (χ1v) is 16.8. The normalized spacial score (nSPS) is 38.3. The number of hydrogen-bond donors (Lipinski definition) is 3. The Morgan fingerprint density at radius 2 is 2.02 bits per heavy atom. The number of carbonyl (C=O) groups is 2. The van der Waals surface area contributed by atoms with Gasteiger partial charge in [-0.2, -0.15) is 0 Å². The number of benzene rings is 2. The summed E-state index contributed by atoms with van der Waals surface area (Å²) in [6.45, 7) is 5.13. The molecule has 3 saturated carbocycles. The first kappa shape index (κ1) is 30.8. The molecular weight excluding hydrogens is 593 g/mol. The number of aliphatic hydroxyl groups is 2. The smallest absolute Gasteiger partial charge is 0.193 e. The van der Waals surface area contributed by atoms with Gasteiger partial charge in [-0.05, 0) is 85.9 Å². The van der Waals surface area contributed by atoms with Gasteiger partial charge in [0.15, 0.2) is 23.5 Å². The van der Waals surface area contributed by atoms with Gasteiger partial charge in [0, 0.05) is 38.6 Å². The number of halogens is 1. The third-order valence-corrected chi connectivity index (χ3v) is 12.8. The Morgan fingerprint density at radius 1 is 1.22 bits per heavy atom. The highest BCUT2D eigenvalue weighted by molar-refractivity contribution is 7.98. The number of allylic oxidation sites excluding steroid dienone is 4. The number of ether oxygens (including phenoxy) is 2. The fourth-order valence-electron chi connectivity index (χ4n) is 9.73. The van der Waals surface area contributed by atoms with Gasteiger partial charge < -0.3 is 25.4 Å². The molecule has 4 N–H and O–H groups in total. The van der Waals surface area contributed by atoms with Crippen molar-refractivity contribution in [1.82, 2.24) is 0 Å². The van der Waals surface area contributed by atoms with Crippen molar-refractivity contribution in [3.8, 4) is 0 Å². The predicted octanol–water partition coefficient (Wildman–Crippen LogP) is 5.61. The van der Waals surface area contributed by atoms with Crippen LogP contribution in [0.3, 0.4) is 0 Å². The second-order valence-electron chi connectivity index (χ2n) is 14.0. The highest BCUT2D eigenvalue weighted by atomic mass is 32.2. The van der Waals surface area contributed by atoms with Crippen LogP contribution < -0.4 is 5.73 Å². The average Bonchev–Trinajstić information content (AvgIpc) is 3.49. The summed E-state index contributed by atoms with van der Waals surface area (Å²) in [6, 6.07) is 11.1. The van der Waals surface area contributed by atoms with Crippen LogP contribution in [-0.2, 0) is 24.8 Å². The van der Waals surface area contributed by atoms with E-state index >= 15 is 4.39 Å². The molecule has 2 aromatic carbocycles. The zero-order chi connectivity index (χ0) is 31.9. The molecule has 0 spiro atoms. The van der Waals surface area contributed by atoms with Crippen LogP contribution in [0.25, 0.3) is 0 Å². The second kappa shape index (κ2) is 10.9. The van der Waals surface area contributed by atoms with Crippen LogP contribution in [-0.4, -0.2) is 46.2 Å². The molecule has 1 saturated heterocycles. The van der Waals surface area contributed by atoms with E-state index in [4.69, 9.17) is 15.2 Å². The van der Waals surface area contributed by atoms with Crippen LogP contribution in [0.2, 0.25) is 0 Å². The standard InChI is InChI=1S/C36H40FNO6S/c1-19-7-10-27(45-18-20-5-4-6-22(38)13-20)32(37)30(19)33-43-29-15-25-24-9-8-21-14-23(40)11-12-34(21,2)31(24)26(41)16-35(25,3)36(29,44-33)28(42)17-39/h4-7,10-14,24-26,29,31,33,39,41H,8-9,15-18,38H2,1-3H3/t24-,25-,26-,29+,31+,33+,34-,35-,36+/m0/s1. The summed E-state index contributed by atoms with van der Waals surface area (Å²) in [7, 11) is 0. The summed E-state index contributed by atoms with van der Waals surface area (Å²) in [5, 5.41) is 22.2. The van der Waals surface area contributed by atoms with Crippen LogP contribution in [0.1, 0.15) is 62.5 Å². The molecule has 7 nitrogen and oxygen atoms in total. The van der Waals surface area contributed by atoms with E-state index in [0.717, 1.165) is 24.0 Å². The number of thioether (sulfide) groups is 1. The third kappa shape index (κ3) is 4.45. The van der Waals surface area contributed by atoms with Crippen LogP contribution >= 0.6 is 11.8 Å². The summed E-state index contributed by atoms with van der Waals surface area (Å²) >= 11 is 1.35. The Morgan fingerprint density at radius 3 is 2.78 bits per heavy atom. The van der Waals surface area contributed by atoms with Gasteiger partial charge in [-0.25, -0.2) is 4.39 Å². The number of aryl methyl sites for hydroxylation is 1. The van der Waals surface area contributed by atoms with Crippen molar-refractivity contribution in [2.75, 3.05) is 12.3 Å². The Kier molecular flexibility index (Phi) is 7.45. The fraction of sp³-hybridized carbons (Fsp3) is 0.500. The lowest BCUT2D eigenvalue weighted by Crippen LogP contribution is -2.63. The van der Waals surface area contributed by atoms with Gasteiger partial charge in [-0.3, -0.25) is 9.59 Å². The topological polar surface area (TPSA) is 119 Å². The Balaban J connectivity index is 1.21. The second-order valence-corrected chi connectivity index (χ2v) is 15.0. The fourth-order valence-corrected chi connectivity index (χ4v) is 10.6. The number of rotatable bonds is 6. The highest BCUT2D eigenvalue weighted by Gasteiger charge is 2.76. The molecule has 0 radical (unpaired) electrons. The SMILES string of the molecule is Cc1ccc(SCc2cccc(N)c2)c(F)c1[C@@H]1O[C@@H]2C[C@H]3[C@@H]4CCC5=CC(=O)C=C[C@]5(C)[C@H]4[C@@H](O)C[C@]3(C)[C@]2(C(=O)CO)O1. The number of ketones is 2. The minimum Gasteiger partial charge on any atom is -0.399 e. The van der Waals surface area contributed by atoms with Crippen molar-refractivity contribution in [3.63, 3.8) is 0 Å². The lowest BCUT2D eigenvalue weighted by Gasteiger charge is -2.59. The van der Waals surface area contributed by atoms with Gasteiger partial charge in [0.2, 0.25) is 0 Å². The van der Waals surface area contributed by atoms with Crippen molar-refractivity contribution >= 4 is 29.0 Å². The Hall–Kier alpha value is -2.82. The largest absolute Gasteiger partial charge is 0.399 e. The van der Waals surface area contributed by atoms with Crippen molar-refractivity contribution in [1.29, 1.82) is 0 Å². The number of nitrogens with two attached hydrogens (primary N) is 1. The van der Waals surface area contributed by atoms with Gasteiger partial charge in [-0.1, -0.05) is 43.7 Å². The van der Waals surface area contributed by atoms with Crippen molar-refractivity contribution < 1.29 is 33.7 Å². The van der Waals surface area contributed by atoms with E-state index in [1.165, 1.54) is 11.8 Å². The molecule has 238 valence electrons. The van der Waals surface area contributed by atoms with Crippen LogP contribution in [0, 0.1) is 41.3 Å². The maximum absolute atomic E-state index is 16.3. The lowest BCUT2D eigenvalue weighted by molar-refractivity contribution is -0.201. The highest BCUT2D eigenvalue weighted by Crippen LogP contribution is 2.70. The zero-order valence-electron chi connectivity index (χ0n) is 25.8. The van der Waals surface area contributed by atoms with Crippen molar-refractivity contribution in [2.45, 2.75) is 81.2 Å². The molecule has 4 aliphatic carbocycles. The number of nitrogen functional groups attached to an aromatic ring is 1. The lowest BCUT2D eigenvalue weighted by atomic mass is 9.46. The summed E-state index contributed by atoms with van der Waals surface area (Å²) in [6.07, 6.45) is 4.89. The molecule has 0 aromatic heterocycles. The van der Waals surface area contributed by atoms with Crippen molar-refractivity contribution in [2.24, 2.45) is 28.6 Å². The molecule has 0 bridgehead atoms. The molecule has 1 aliphatic heterocycles. The van der Waals surface area contributed by atoms with Crippen LogP contribution in [0.5, 0.6) is 0 Å². The molecule has 7 rings (SSSR count). The Labute approximate surface area is 267 Å². The Bertz CT molecular complexity index is 1640. The first-order valence-electron chi connectivity index (χ1n) is 15.8. The monoisotopic (exact) mass is 633 g/mol. The van der Waals surface area contributed by atoms with Gasteiger partial charge in [0.1, 0.15) is 12.4 Å². The number of fused-ring (bicyclic) bond motifs is 7. The maximum atomic E-state index is 16.3. The number of hydrogen-bond acceptors (Lipinski definition) is 8. The number of aliphatic hydroxyl groups excluding tert-OH is 2. The van der Waals surface area contributed by atoms with E-state index in [0.29, 0.717) is 28.3 Å². The van der Waals surface area contributed by atoms with Crippen molar-refractivity contribution in [3.05, 3.63) is 82.7 Å². The van der Waals surface area contributed by atoms with Crippen LogP contribution in [0.15, 0.2) is 65.1 Å². The number of Topliss-reactive ketones (excluding diaryl/α,β-unsaturated/α-hetero) is 1. The van der Waals surface area contributed by atoms with Gasteiger partial charge in [-0.15, -0.1) is 11.8 Å². The summed E-state index contributed by atoms with van der Waals surface area (Å²) in [4.78, 5) is 26.5. The predicted molar refractivity (Wildman–Crippen MR) is 168 cm³/mol. The van der Waals surface area contributed by atoms with E-state index in [9.17, 15) is 19.8 Å². The van der Waals surface area contributed by atoms with E-state index in [1.807, 2.05) is 43.3 Å². The van der Waals surface area contributed by atoms with E-state index in [2.05, 4.69) is 6.92 Å². The molecule has 0 amide bonds. The van der Waals surface area contributed by atoms with Gasteiger partial charge in [0.05, 0.1) is 12.2 Å². The molecule has 9 heteroatoms. The quantitative estimate of drug-likeness (QED) is 0.278. The molecule has 2 aromatic rings. The molecule has 0 unspecified atom stereocenters. The number of carbonyl (C=O) groups excluding carboxylic acids is 2. The minimum atomic E-state index is -1.54. The molecule has 45 heavy (non-hydrogen) atoms. The molecule has 9 atom stereocenters. The zero-order valence-corrected chi connectivity index (χ0v) is 26.6. The minimum absolute atomic E-state index is 0.0263. The summed E-state index contributed by atoms with van der Waals surface area (Å²) in [5.74, 6) is -0.589. The molecule has 1 heterocycles.